The van der Waals surface area contributed by atoms with Crippen LogP contribution in [0.3, 0.4) is 0 Å². The third-order valence-electron chi connectivity index (χ3n) is 5.75. The molecule has 1 amide bonds. The number of hydrogen-bond donors (Lipinski definition) is 0. The molecule has 1 aliphatic heterocycles. The second-order valence-corrected chi connectivity index (χ2v) is 10.1. The summed E-state index contributed by atoms with van der Waals surface area (Å²) in [6, 6.07) is 20.7. The smallest absolute Gasteiger partial charge is 0.266 e. The van der Waals surface area contributed by atoms with E-state index in [-0.39, 0.29) is 27.9 Å². The number of carbonyl (C=O) groups excluding carboxylic acids is 1. The zero-order valence-corrected chi connectivity index (χ0v) is 19.7. The van der Waals surface area contributed by atoms with Crippen LogP contribution >= 0.6 is 11.6 Å². The Kier molecular flexibility index (Phi) is 5.63. The molecule has 0 saturated heterocycles. The highest BCUT2D eigenvalue weighted by atomic mass is 35.5. The Hall–Kier alpha value is -3.62. The lowest BCUT2D eigenvalue weighted by atomic mass is 10.2. The number of aromatic nitrogens is 2. The van der Waals surface area contributed by atoms with E-state index in [9.17, 15) is 13.2 Å². The van der Waals surface area contributed by atoms with Crippen molar-refractivity contribution in [3.05, 3.63) is 96.0 Å². The van der Waals surface area contributed by atoms with Gasteiger partial charge in [-0.05, 0) is 42.5 Å². The predicted molar refractivity (Wildman–Crippen MR) is 134 cm³/mol. The van der Waals surface area contributed by atoms with Crippen molar-refractivity contribution in [1.82, 2.24) is 9.55 Å². The zero-order valence-electron chi connectivity index (χ0n) is 18.1. The van der Waals surface area contributed by atoms with E-state index in [1.165, 1.54) is 28.6 Å². The quantitative estimate of drug-likeness (QED) is 0.365. The van der Waals surface area contributed by atoms with Crippen molar-refractivity contribution < 1.29 is 13.2 Å². The number of hydrogen-bond acceptors (Lipinski definition) is 4. The van der Waals surface area contributed by atoms with E-state index in [0.717, 1.165) is 11.0 Å². The van der Waals surface area contributed by atoms with Gasteiger partial charge < -0.3 is 4.57 Å². The third-order valence-corrected chi connectivity index (χ3v) is 8.03. The first-order valence-corrected chi connectivity index (χ1v) is 12.5. The van der Waals surface area contributed by atoms with Crippen LogP contribution in [0.4, 0.5) is 11.6 Å². The maximum absolute atomic E-state index is 13.6. The molecule has 0 bridgehead atoms. The van der Waals surface area contributed by atoms with Gasteiger partial charge in [-0.2, -0.15) is 0 Å². The fraction of sp³-hybridized carbons (Fsp3) is 0.120. The highest BCUT2D eigenvalue weighted by Gasteiger charge is 2.32. The number of sulfonamides is 1. The van der Waals surface area contributed by atoms with Gasteiger partial charge >= 0.3 is 0 Å². The summed E-state index contributed by atoms with van der Waals surface area (Å²) in [6.07, 6.45) is 1.50. The molecule has 7 nitrogen and oxygen atoms in total. The number of carbonyl (C=O) groups is 1. The van der Waals surface area contributed by atoms with Gasteiger partial charge in [0.1, 0.15) is 4.90 Å². The molecule has 172 valence electrons. The van der Waals surface area contributed by atoms with E-state index in [1.807, 2.05) is 28.8 Å². The normalized spacial score (nSPS) is 13.1. The summed E-state index contributed by atoms with van der Waals surface area (Å²) in [5.74, 6) is 0.209. The van der Waals surface area contributed by atoms with Crippen LogP contribution in [0.25, 0.3) is 11.0 Å². The Bertz CT molecular complexity index is 1520. The molecule has 4 aromatic rings. The summed E-state index contributed by atoms with van der Waals surface area (Å²) >= 11 is 6.34. The fourth-order valence-electron chi connectivity index (χ4n) is 4.14. The van der Waals surface area contributed by atoms with Crippen molar-refractivity contribution >= 4 is 50.2 Å². The molecule has 0 unspecified atom stereocenters. The van der Waals surface area contributed by atoms with Crippen LogP contribution in [-0.4, -0.2) is 37.0 Å². The zero-order chi connectivity index (χ0) is 23.9. The molecule has 0 aliphatic carbocycles. The van der Waals surface area contributed by atoms with Crippen LogP contribution in [0.1, 0.15) is 10.4 Å². The Labute approximate surface area is 202 Å². The van der Waals surface area contributed by atoms with Crippen molar-refractivity contribution in [3.63, 3.8) is 0 Å². The number of benzene rings is 3. The highest BCUT2D eigenvalue weighted by molar-refractivity contribution is 7.93. The molecule has 0 fully saturated rings. The van der Waals surface area contributed by atoms with Gasteiger partial charge in [0.2, 0.25) is 5.95 Å². The van der Waals surface area contributed by atoms with E-state index in [4.69, 9.17) is 11.6 Å². The molecule has 0 N–H and O–H groups in total. The summed E-state index contributed by atoms with van der Waals surface area (Å²) in [5, 5.41) is 0.0372. The first kappa shape index (κ1) is 22.2. The molecule has 3 aromatic carbocycles. The lowest BCUT2D eigenvalue weighted by Gasteiger charge is -2.24. The Balaban J connectivity index is 1.53. The maximum atomic E-state index is 13.6. The minimum absolute atomic E-state index is 0.0372. The number of halogens is 1. The maximum Gasteiger partial charge on any atom is 0.266 e. The average molecular weight is 493 g/mol. The molecular weight excluding hydrogens is 472 g/mol. The molecule has 9 heteroatoms. The van der Waals surface area contributed by atoms with Gasteiger partial charge in [-0.1, -0.05) is 48.0 Å². The molecule has 0 radical (unpaired) electrons. The minimum Gasteiger partial charge on any atom is -0.308 e. The number of amides is 1. The molecule has 1 aliphatic rings. The molecule has 0 spiro atoms. The molecule has 5 rings (SSSR count). The summed E-state index contributed by atoms with van der Waals surface area (Å²) in [5.41, 5.74) is 2.45. The standard InChI is InChI=1S/C25H21ClN4O3S/c1-2-14-30(19-8-4-3-5-9-19)34(32,33)23-17-18(12-13-20(23)26)24(31)29-16-15-28-22-11-7-6-10-21(22)27-25(28)29/h2-13,17H,1,14-16H2. The van der Waals surface area contributed by atoms with Gasteiger partial charge in [0.05, 0.1) is 28.3 Å². The van der Waals surface area contributed by atoms with Crippen molar-refractivity contribution in [1.29, 1.82) is 0 Å². The first-order valence-electron chi connectivity index (χ1n) is 10.7. The van der Waals surface area contributed by atoms with E-state index in [2.05, 4.69) is 11.6 Å². The van der Waals surface area contributed by atoms with Gasteiger partial charge in [0.15, 0.2) is 0 Å². The van der Waals surface area contributed by atoms with E-state index < -0.39 is 10.0 Å². The molecule has 0 atom stereocenters. The summed E-state index contributed by atoms with van der Waals surface area (Å²) < 4.78 is 30.4. The molecule has 1 aromatic heterocycles. The average Bonchev–Trinajstić information content (AvgIpc) is 3.42. The molecular formula is C25H21ClN4O3S. The van der Waals surface area contributed by atoms with E-state index >= 15 is 0 Å². The van der Waals surface area contributed by atoms with Crippen molar-refractivity contribution in [3.8, 4) is 0 Å². The number of nitrogens with zero attached hydrogens (tertiary/aromatic N) is 4. The number of imidazole rings is 1. The SMILES string of the molecule is C=CCN(c1ccccc1)S(=O)(=O)c1cc(C(=O)N2CCn3c2nc2ccccc23)ccc1Cl. The van der Waals surface area contributed by atoms with Crippen molar-refractivity contribution in [2.24, 2.45) is 0 Å². The van der Waals surface area contributed by atoms with E-state index in [1.54, 1.807) is 35.2 Å². The molecule has 2 heterocycles. The Morgan fingerprint density at radius 1 is 1.06 bits per heavy atom. The molecule has 0 saturated carbocycles. The van der Waals surface area contributed by atoms with Crippen LogP contribution < -0.4 is 9.21 Å². The van der Waals surface area contributed by atoms with Gasteiger partial charge in [0.25, 0.3) is 15.9 Å². The lowest BCUT2D eigenvalue weighted by Crippen LogP contribution is -2.32. The van der Waals surface area contributed by atoms with Crippen LogP contribution in [0.15, 0.2) is 90.3 Å². The largest absolute Gasteiger partial charge is 0.308 e. The predicted octanol–water partition coefficient (Wildman–Crippen LogP) is 4.73. The highest BCUT2D eigenvalue weighted by Crippen LogP contribution is 2.32. The Morgan fingerprint density at radius 3 is 2.56 bits per heavy atom. The number of rotatable bonds is 6. The third kappa shape index (κ3) is 3.65. The topological polar surface area (TPSA) is 75.5 Å². The van der Waals surface area contributed by atoms with Crippen LogP contribution in [0.5, 0.6) is 0 Å². The summed E-state index contributed by atoms with van der Waals surface area (Å²) in [7, 11) is -4.07. The van der Waals surface area contributed by atoms with Gasteiger partial charge in [0, 0.05) is 18.7 Å². The monoisotopic (exact) mass is 492 g/mol. The van der Waals surface area contributed by atoms with Crippen LogP contribution in [-0.2, 0) is 16.6 Å². The van der Waals surface area contributed by atoms with Crippen LogP contribution in [0, 0.1) is 0 Å². The number of fused-ring (bicyclic) bond motifs is 3. The summed E-state index contributed by atoms with van der Waals surface area (Å²) in [4.78, 5) is 19.5. The molecule has 34 heavy (non-hydrogen) atoms. The van der Waals surface area contributed by atoms with Crippen LogP contribution in [0.2, 0.25) is 5.02 Å². The van der Waals surface area contributed by atoms with Crippen molar-refractivity contribution in [2.45, 2.75) is 11.4 Å². The van der Waals surface area contributed by atoms with Gasteiger partial charge in [-0.15, -0.1) is 6.58 Å². The fourth-order valence-corrected chi connectivity index (χ4v) is 6.08. The lowest BCUT2D eigenvalue weighted by molar-refractivity contribution is 0.0988. The van der Waals surface area contributed by atoms with Crippen molar-refractivity contribution in [2.75, 3.05) is 22.3 Å². The summed E-state index contributed by atoms with van der Waals surface area (Å²) in [6.45, 7) is 4.80. The number of para-hydroxylation sites is 3. The first-order chi connectivity index (χ1) is 16.4. The van der Waals surface area contributed by atoms with E-state index in [0.29, 0.717) is 24.7 Å². The van der Waals surface area contributed by atoms with Gasteiger partial charge in [-0.25, -0.2) is 13.4 Å². The second-order valence-electron chi connectivity index (χ2n) is 7.81. The minimum atomic E-state index is -4.07. The Morgan fingerprint density at radius 2 is 1.79 bits per heavy atom. The van der Waals surface area contributed by atoms with Gasteiger partial charge in [-0.3, -0.25) is 14.0 Å². The second kappa shape index (κ2) is 8.62. The number of anilines is 2.